The minimum atomic E-state index is 0. The van der Waals surface area contributed by atoms with Gasteiger partial charge in [-0.2, -0.15) is 13.5 Å². The first-order valence-corrected chi connectivity index (χ1v) is 8.43. The Labute approximate surface area is 156 Å². The maximum atomic E-state index is 5.24. The summed E-state index contributed by atoms with van der Waals surface area (Å²) in [6.07, 6.45) is 4.09. The SMILES string of the molecule is COc1cc(C[C@H]2CCN(C(C)c3cccc(OC)n3)C2)ccn1.S. The normalized spacial score (nSPS) is 18.4. The maximum absolute atomic E-state index is 5.24. The van der Waals surface area contributed by atoms with Crippen molar-refractivity contribution in [3.8, 4) is 11.8 Å². The first-order chi connectivity index (χ1) is 11.7. The van der Waals surface area contributed by atoms with E-state index in [2.05, 4.69) is 33.9 Å². The van der Waals surface area contributed by atoms with E-state index in [1.165, 1.54) is 12.0 Å². The third-order valence-corrected chi connectivity index (χ3v) is 4.78. The lowest BCUT2D eigenvalue weighted by molar-refractivity contribution is 0.246. The Kier molecular flexibility index (Phi) is 7.08. The van der Waals surface area contributed by atoms with Gasteiger partial charge < -0.3 is 9.47 Å². The Morgan fingerprint density at radius 1 is 1.20 bits per heavy atom. The molecule has 1 aliphatic rings. The van der Waals surface area contributed by atoms with Gasteiger partial charge in [-0.05, 0) is 49.9 Å². The summed E-state index contributed by atoms with van der Waals surface area (Å²) >= 11 is 0. The summed E-state index contributed by atoms with van der Waals surface area (Å²) < 4.78 is 10.5. The monoisotopic (exact) mass is 361 g/mol. The molecule has 3 heterocycles. The third kappa shape index (κ3) is 4.86. The van der Waals surface area contributed by atoms with E-state index >= 15 is 0 Å². The van der Waals surface area contributed by atoms with Crippen molar-refractivity contribution < 1.29 is 9.47 Å². The van der Waals surface area contributed by atoms with E-state index in [9.17, 15) is 0 Å². The lowest BCUT2D eigenvalue weighted by Crippen LogP contribution is -2.25. The minimum absolute atomic E-state index is 0. The van der Waals surface area contributed by atoms with Crippen LogP contribution in [0.5, 0.6) is 11.8 Å². The lowest BCUT2D eigenvalue weighted by atomic mass is 9.99. The molecular weight excluding hydrogens is 334 g/mol. The number of methoxy groups -OCH3 is 2. The second kappa shape index (κ2) is 9.06. The number of hydrogen-bond acceptors (Lipinski definition) is 5. The lowest BCUT2D eigenvalue weighted by Gasteiger charge is -2.24. The van der Waals surface area contributed by atoms with E-state index in [4.69, 9.17) is 9.47 Å². The Balaban J connectivity index is 0.00000225. The molecule has 1 unspecified atom stereocenters. The molecule has 0 spiro atoms. The van der Waals surface area contributed by atoms with Crippen molar-refractivity contribution in [2.45, 2.75) is 25.8 Å². The number of hydrogen-bond donors (Lipinski definition) is 0. The van der Waals surface area contributed by atoms with E-state index in [1.807, 2.05) is 24.4 Å². The number of nitrogens with zero attached hydrogens (tertiary/aromatic N) is 3. The van der Waals surface area contributed by atoms with Gasteiger partial charge in [0, 0.05) is 30.9 Å². The van der Waals surface area contributed by atoms with Gasteiger partial charge in [0.1, 0.15) is 0 Å². The fourth-order valence-electron chi connectivity index (χ4n) is 3.37. The van der Waals surface area contributed by atoms with Crippen LogP contribution in [-0.2, 0) is 6.42 Å². The van der Waals surface area contributed by atoms with Crippen LogP contribution < -0.4 is 9.47 Å². The zero-order valence-electron chi connectivity index (χ0n) is 15.1. The zero-order valence-corrected chi connectivity index (χ0v) is 16.1. The van der Waals surface area contributed by atoms with Gasteiger partial charge in [0.05, 0.1) is 19.9 Å². The third-order valence-electron chi connectivity index (χ3n) is 4.78. The highest BCUT2D eigenvalue weighted by Gasteiger charge is 2.27. The number of rotatable bonds is 6. The number of ether oxygens (including phenoxy) is 2. The fraction of sp³-hybridized carbons (Fsp3) is 0.474. The van der Waals surface area contributed by atoms with Crippen molar-refractivity contribution in [2.24, 2.45) is 5.92 Å². The Morgan fingerprint density at radius 3 is 2.76 bits per heavy atom. The maximum Gasteiger partial charge on any atom is 0.213 e. The molecule has 0 bridgehead atoms. The van der Waals surface area contributed by atoms with Crippen LogP contribution >= 0.6 is 13.5 Å². The first-order valence-electron chi connectivity index (χ1n) is 8.43. The predicted octanol–water partition coefficient (Wildman–Crippen LogP) is 3.23. The zero-order chi connectivity index (χ0) is 16.9. The van der Waals surface area contributed by atoms with Gasteiger partial charge in [-0.3, -0.25) is 4.90 Å². The van der Waals surface area contributed by atoms with Crippen LogP contribution in [0.2, 0.25) is 0 Å². The molecule has 5 nitrogen and oxygen atoms in total. The summed E-state index contributed by atoms with van der Waals surface area (Å²) in [6.45, 7) is 4.41. The van der Waals surface area contributed by atoms with E-state index < -0.39 is 0 Å². The van der Waals surface area contributed by atoms with Crippen molar-refractivity contribution in [3.63, 3.8) is 0 Å². The van der Waals surface area contributed by atoms with Crippen LogP contribution in [-0.4, -0.2) is 42.2 Å². The molecule has 0 N–H and O–H groups in total. The molecule has 25 heavy (non-hydrogen) atoms. The van der Waals surface area contributed by atoms with Gasteiger partial charge in [0.25, 0.3) is 0 Å². The molecule has 0 aliphatic carbocycles. The summed E-state index contributed by atoms with van der Waals surface area (Å²) in [5.74, 6) is 2.03. The molecule has 0 radical (unpaired) electrons. The minimum Gasteiger partial charge on any atom is -0.481 e. The van der Waals surface area contributed by atoms with Gasteiger partial charge in [-0.1, -0.05) is 6.07 Å². The molecule has 6 heteroatoms. The van der Waals surface area contributed by atoms with Crippen molar-refractivity contribution in [1.29, 1.82) is 0 Å². The second-order valence-corrected chi connectivity index (χ2v) is 6.34. The predicted molar refractivity (Wildman–Crippen MR) is 104 cm³/mol. The molecular formula is C19H27N3O2S. The van der Waals surface area contributed by atoms with Crippen LogP contribution in [0.15, 0.2) is 36.5 Å². The highest BCUT2D eigenvalue weighted by molar-refractivity contribution is 7.59. The first kappa shape index (κ1) is 19.5. The summed E-state index contributed by atoms with van der Waals surface area (Å²) in [5, 5.41) is 0. The van der Waals surface area contributed by atoms with E-state index in [0.717, 1.165) is 25.2 Å². The molecule has 1 aliphatic heterocycles. The van der Waals surface area contributed by atoms with Gasteiger partial charge in [-0.25, -0.2) is 9.97 Å². The molecule has 3 rings (SSSR count). The highest BCUT2D eigenvalue weighted by Crippen LogP contribution is 2.29. The topological polar surface area (TPSA) is 47.5 Å². The van der Waals surface area contributed by atoms with Gasteiger partial charge in [-0.15, -0.1) is 0 Å². The van der Waals surface area contributed by atoms with Gasteiger partial charge in [0.2, 0.25) is 11.8 Å². The van der Waals surface area contributed by atoms with Crippen LogP contribution in [0.25, 0.3) is 0 Å². The van der Waals surface area contributed by atoms with Crippen LogP contribution in [0.4, 0.5) is 0 Å². The number of likely N-dealkylation sites (tertiary alicyclic amines) is 1. The quantitative estimate of drug-likeness (QED) is 0.790. The molecule has 136 valence electrons. The second-order valence-electron chi connectivity index (χ2n) is 6.34. The summed E-state index contributed by atoms with van der Waals surface area (Å²) in [7, 11) is 3.32. The van der Waals surface area contributed by atoms with Crippen molar-refractivity contribution >= 4 is 13.5 Å². The molecule has 1 saturated heterocycles. The molecule has 0 saturated carbocycles. The van der Waals surface area contributed by atoms with Crippen LogP contribution in [0, 0.1) is 5.92 Å². The Bertz CT molecular complexity index is 683. The largest absolute Gasteiger partial charge is 0.481 e. The fourth-order valence-corrected chi connectivity index (χ4v) is 3.37. The van der Waals surface area contributed by atoms with E-state index in [-0.39, 0.29) is 13.5 Å². The van der Waals surface area contributed by atoms with Gasteiger partial charge >= 0.3 is 0 Å². The average Bonchev–Trinajstić information content (AvgIpc) is 3.09. The van der Waals surface area contributed by atoms with Crippen LogP contribution in [0.1, 0.15) is 30.6 Å². The van der Waals surface area contributed by atoms with Crippen LogP contribution in [0.3, 0.4) is 0 Å². The average molecular weight is 362 g/mol. The molecule has 2 aromatic rings. The van der Waals surface area contributed by atoms with Crippen molar-refractivity contribution in [1.82, 2.24) is 14.9 Å². The molecule has 0 aromatic carbocycles. The smallest absolute Gasteiger partial charge is 0.213 e. The molecule has 2 atom stereocenters. The standard InChI is InChI=1S/C19H25N3O2.H2S/c1-14(17-5-4-6-18(21-17)23-2)22-10-8-16(13-22)11-15-7-9-20-19(12-15)24-3;/h4-7,9,12,14,16H,8,10-11,13H2,1-3H3;1H2/t14?,16-;/m1./s1. The molecule has 2 aromatic heterocycles. The van der Waals surface area contributed by atoms with E-state index in [1.54, 1.807) is 14.2 Å². The number of pyridine rings is 2. The summed E-state index contributed by atoms with van der Waals surface area (Å²) in [5.41, 5.74) is 2.36. The van der Waals surface area contributed by atoms with E-state index in [0.29, 0.717) is 23.7 Å². The molecule has 1 fully saturated rings. The number of aromatic nitrogens is 2. The van der Waals surface area contributed by atoms with Crippen molar-refractivity contribution in [3.05, 3.63) is 47.8 Å². The van der Waals surface area contributed by atoms with Gasteiger partial charge in [0.15, 0.2) is 0 Å². The summed E-state index contributed by atoms with van der Waals surface area (Å²) in [4.78, 5) is 11.3. The highest BCUT2D eigenvalue weighted by atomic mass is 32.1. The Hall–Kier alpha value is -1.79. The Morgan fingerprint density at radius 2 is 2.00 bits per heavy atom. The van der Waals surface area contributed by atoms with Crippen molar-refractivity contribution in [2.75, 3.05) is 27.3 Å². The molecule has 0 amide bonds. The summed E-state index contributed by atoms with van der Waals surface area (Å²) in [6, 6.07) is 10.4.